The van der Waals surface area contributed by atoms with E-state index in [0.29, 0.717) is 6.42 Å². The van der Waals surface area contributed by atoms with Crippen LogP contribution in [0, 0.1) is 5.92 Å². The van der Waals surface area contributed by atoms with Gasteiger partial charge in [0.05, 0.1) is 12.2 Å². The van der Waals surface area contributed by atoms with E-state index in [-0.39, 0.29) is 12.0 Å². The Kier molecular flexibility index (Phi) is 2.55. The topological polar surface area (TPSA) is 72.7 Å². The van der Waals surface area contributed by atoms with Crippen LogP contribution in [0.5, 0.6) is 0 Å². The Bertz CT molecular complexity index is 186. The Hall–Kier alpha value is -0.160. The highest BCUT2D eigenvalue weighted by atomic mass is 16.4. The summed E-state index contributed by atoms with van der Waals surface area (Å²) >= 11 is 0. The third-order valence-electron chi connectivity index (χ3n) is 3.32. The van der Waals surface area contributed by atoms with Crippen molar-refractivity contribution in [2.24, 2.45) is 5.92 Å². The van der Waals surface area contributed by atoms with Crippen LogP contribution in [-0.4, -0.2) is 46.2 Å². The largest absolute Gasteiger partial charge is 0.390 e. The predicted octanol–water partition coefficient (Wildman–Crippen LogP) is -1.16. The van der Waals surface area contributed by atoms with Crippen LogP contribution in [0.25, 0.3) is 0 Å². The molecule has 0 aromatic rings. The molecule has 2 fully saturated rings. The van der Waals surface area contributed by atoms with E-state index in [2.05, 4.69) is 5.32 Å². The Morgan fingerprint density at radius 2 is 1.85 bits per heavy atom. The van der Waals surface area contributed by atoms with E-state index < -0.39 is 18.3 Å². The minimum Gasteiger partial charge on any atom is -0.390 e. The molecule has 0 aromatic heterocycles. The van der Waals surface area contributed by atoms with Crippen molar-refractivity contribution in [2.45, 2.75) is 43.6 Å². The highest BCUT2D eigenvalue weighted by molar-refractivity contribution is 4.97. The van der Waals surface area contributed by atoms with Crippen molar-refractivity contribution in [1.29, 1.82) is 0 Å². The Balaban J connectivity index is 2.08. The van der Waals surface area contributed by atoms with Gasteiger partial charge in [-0.1, -0.05) is 0 Å². The molecular weight excluding hydrogens is 170 g/mol. The van der Waals surface area contributed by atoms with Gasteiger partial charge in [0.25, 0.3) is 0 Å². The summed E-state index contributed by atoms with van der Waals surface area (Å²) in [6.45, 7) is 0.955. The van der Waals surface area contributed by atoms with Gasteiger partial charge in [0.15, 0.2) is 0 Å². The molecule has 0 aromatic carbocycles. The summed E-state index contributed by atoms with van der Waals surface area (Å²) in [5.41, 5.74) is 0. The molecule has 2 aliphatic rings. The van der Waals surface area contributed by atoms with Gasteiger partial charge in [-0.2, -0.15) is 0 Å². The maximum absolute atomic E-state index is 9.69. The average molecular weight is 187 g/mol. The SMILES string of the molecule is O[C@H]1[C@H](O)[C@@H](O)C[C@H]2NCCC[C@H]12. The minimum atomic E-state index is -0.957. The number of hydrogen-bond acceptors (Lipinski definition) is 4. The van der Waals surface area contributed by atoms with Gasteiger partial charge in [0, 0.05) is 12.0 Å². The molecule has 4 nitrogen and oxygen atoms in total. The first-order valence-corrected chi connectivity index (χ1v) is 4.97. The summed E-state index contributed by atoms with van der Waals surface area (Å²) < 4.78 is 0. The zero-order valence-corrected chi connectivity index (χ0v) is 7.56. The lowest BCUT2D eigenvalue weighted by atomic mass is 9.75. The molecule has 1 aliphatic carbocycles. The van der Waals surface area contributed by atoms with Crippen molar-refractivity contribution in [3.8, 4) is 0 Å². The van der Waals surface area contributed by atoms with E-state index in [0.717, 1.165) is 19.4 Å². The molecule has 0 amide bonds. The van der Waals surface area contributed by atoms with Crippen molar-refractivity contribution in [3.05, 3.63) is 0 Å². The molecule has 0 radical (unpaired) electrons. The molecule has 5 atom stereocenters. The highest BCUT2D eigenvalue weighted by Gasteiger charge is 2.43. The zero-order valence-electron chi connectivity index (χ0n) is 7.56. The fourth-order valence-corrected chi connectivity index (χ4v) is 2.53. The van der Waals surface area contributed by atoms with Crippen LogP contribution in [0.1, 0.15) is 19.3 Å². The molecule has 0 bridgehead atoms. The molecule has 1 saturated carbocycles. The number of hydrogen-bond donors (Lipinski definition) is 4. The first kappa shape index (κ1) is 9.40. The molecule has 13 heavy (non-hydrogen) atoms. The standard InChI is InChI=1S/C9H17NO3/c11-7-4-6-5(2-1-3-10-6)8(12)9(7)13/h5-13H,1-4H2/t5-,6+,7-,8+,9+/m0/s1. The molecule has 0 spiro atoms. The number of aliphatic hydroxyl groups excluding tert-OH is 3. The Labute approximate surface area is 77.6 Å². The van der Waals surface area contributed by atoms with Crippen LogP contribution in [0.15, 0.2) is 0 Å². The average Bonchev–Trinajstić information content (AvgIpc) is 2.15. The number of rotatable bonds is 0. The smallest absolute Gasteiger partial charge is 0.106 e. The molecule has 0 unspecified atom stereocenters. The van der Waals surface area contributed by atoms with Gasteiger partial charge in [0.2, 0.25) is 0 Å². The van der Waals surface area contributed by atoms with E-state index in [1.165, 1.54) is 0 Å². The molecule has 76 valence electrons. The number of fused-ring (bicyclic) bond motifs is 1. The summed E-state index contributed by atoms with van der Waals surface area (Å²) in [6, 6.07) is 0.183. The molecule has 4 N–H and O–H groups in total. The van der Waals surface area contributed by atoms with Crippen molar-refractivity contribution in [3.63, 3.8) is 0 Å². The summed E-state index contributed by atoms with van der Waals surface area (Å²) in [5.74, 6) is 0.118. The fraction of sp³-hybridized carbons (Fsp3) is 1.00. The molecule has 1 saturated heterocycles. The predicted molar refractivity (Wildman–Crippen MR) is 47.2 cm³/mol. The second-order valence-corrected chi connectivity index (χ2v) is 4.15. The van der Waals surface area contributed by atoms with Crippen molar-refractivity contribution in [2.75, 3.05) is 6.54 Å². The first-order chi connectivity index (χ1) is 6.20. The second-order valence-electron chi connectivity index (χ2n) is 4.15. The van der Waals surface area contributed by atoms with Gasteiger partial charge >= 0.3 is 0 Å². The van der Waals surface area contributed by atoms with Gasteiger partial charge in [-0.25, -0.2) is 0 Å². The Morgan fingerprint density at radius 1 is 1.08 bits per heavy atom. The van der Waals surface area contributed by atoms with Crippen molar-refractivity contribution in [1.82, 2.24) is 5.32 Å². The summed E-state index contributed by atoms with van der Waals surface area (Å²) in [6.07, 6.45) is 0.0524. The van der Waals surface area contributed by atoms with Crippen molar-refractivity contribution >= 4 is 0 Å². The van der Waals surface area contributed by atoms with Crippen molar-refractivity contribution < 1.29 is 15.3 Å². The molecule has 4 heteroatoms. The van der Waals surface area contributed by atoms with Crippen LogP contribution < -0.4 is 5.32 Å². The highest BCUT2D eigenvalue weighted by Crippen LogP contribution is 2.31. The second kappa shape index (κ2) is 3.53. The zero-order chi connectivity index (χ0) is 9.42. The third-order valence-corrected chi connectivity index (χ3v) is 3.32. The molecule has 2 rings (SSSR count). The number of piperidine rings is 1. The maximum atomic E-state index is 9.69. The van der Waals surface area contributed by atoms with Crippen LogP contribution >= 0.6 is 0 Å². The molecular formula is C9H17NO3. The van der Waals surface area contributed by atoms with Crippen LogP contribution in [0.2, 0.25) is 0 Å². The van der Waals surface area contributed by atoms with E-state index in [1.807, 2.05) is 0 Å². The molecule has 1 heterocycles. The maximum Gasteiger partial charge on any atom is 0.106 e. The quantitative estimate of drug-likeness (QED) is 0.386. The Morgan fingerprint density at radius 3 is 2.62 bits per heavy atom. The monoisotopic (exact) mass is 187 g/mol. The lowest BCUT2D eigenvalue weighted by Gasteiger charge is -2.44. The minimum absolute atomic E-state index is 0.118. The lowest BCUT2D eigenvalue weighted by molar-refractivity contribution is -0.126. The summed E-state index contributed by atoms with van der Waals surface area (Å²) in [4.78, 5) is 0. The van der Waals surface area contributed by atoms with Gasteiger partial charge in [-0.15, -0.1) is 0 Å². The van der Waals surface area contributed by atoms with E-state index in [4.69, 9.17) is 0 Å². The van der Waals surface area contributed by atoms with E-state index in [1.54, 1.807) is 0 Å². The van der Waals surface area contributed by atoms with Gasteiger partial charge in [-0.3, -0.25) is 0 Å². The van der Waals surface area contributed by atoms with Gasteiger partial charge in [-0.05, 0) is 25.8 Å². The third kappa shape index (κ3) is 1.59. The van der Waals surface area contributed by atoms with Gasteiger partial charge in [0.1, 0.15) is 6.10 Å². The lowest BCUT2D eigenvalue weighted by Crippen LogP contribution is -2.58. The first-order valence-electron chi connectivity index (χ1n) is 4.97. The van der Waals surface area contributed by atoms with Crippen LogP contribution in [-0.2, 0) is 0 Å². The summed E-state index contributed by atoms with van der Waals surface area (Å²) in [5, 5.41) is 31.9. The normalized spacial score (nSPS) is 51.5. The number of nitrogens with one attached hydrogen (secondary N) is 1. The fourth-order valence-electron chi connectivity index (χ4n) is 2.53. The van der Waals surface area contributed by atoms with E-state index >= 15 is 0 Å². The number of aliphatic hydroxyl groups is 3. The van der Waals surface area contributed by atoms with Crippen LogP contribution in [0.3, 0.4) is 0 Å². The van der Waals surface area contributed by atoms with Crippen LogP contribution in [0.4, 0.5) is 0 Å². The summed E-state index contributed by atoms with van der Waals surface area (Å²) in [7, 11) is 0. The van der Waals surface area contributed by atoms with E-state index in [9.17, 15) is 15.3 Å². The molecule has 1 aliphatic heterocycles. The van der Waals surface area contributed by atoms with Gasteiger partial charge < -0.3 is 20.6 Å².